The summed E-state index contributed by atoms with van der Waals surface area (Å²) in [5.74, 6) is 0.420. The third-order valence-corrected chi connectivity index (χ3v) is 3.61. The summed E-state index contributed by atoms with van der Waals surface area (Å²) in [6.07, 6.45) is 5.03. The molecule has 108 valence electrons. The van der Waals surface area contributed by atoms with Crippen LogP contribution in [0, 0.1) is 5.82 Å². The zero-order valence-corrected chi connectivity index (χ0v) is 13.3. The smallest absolute Gasteiger partial charge is 0.133 e. The normalized spacial score (nSPS) is 12.4. The highest BCUT2D eigenvalue weighted by Gasteiger charge is 2.03. The largest absolute Gasteiger partial charge is 0.491 e. The first-order valence-corrected chi connectivity index (χ1v) is 7.74. The lowest BCUT2D eigenvalue weighted by molar-refractivity contribution is 0.302. The van der Waals surface area contributed by atoms with Crippen molar-refractivity contribution in [2.45, 2.75) is 45.6 Å². The van der Waals surface area contributed by atoms with Crippen LogP contribution in [0.5, 0.6) is 5.75 Å². The first-order chi connectivity index (χ1) is 9.13. The Kier molecular flexibility index (Phi) is 8.07. The quantitative estimate of drug-likeness (QED) is 0.671. The van der Waals surface area contributed by atoms with Crippen LogP contribution in [0.25, 0.3) is 0 Å². The van der Waals surface area contributed by atoms with Crippen molar-refractivity contribution in [1.82, 2.24) is 5.32 Å². The number of hydrogen-bond donors (Lipinski definition) is 1. The number of ether oxygens (including phenoxy) is 1. The van der Waals surface area contributed by atoms with Crippen LogP contribution in [0.4, 0.5) is 4.39 Å². The molecule has 0 aliphatic carbocycles. The van der Waals surface area contributed by atoms with E-state index in [9.17, 15) is 4.39 Å². The predicted molar refractivity (Wildman–Crippen MR) is 81.2 cm³/mol. The Hall–Kier alpha value is -0.610. The minimum absolute atomic E-state index is 0.262. The lowest BCUT2D eigenvalue weighted by atomic mass is 10.1. The van der Waals surface area contributed by atoms with Crippen molar-refractivity contribution >= 4 is 15.9 Å². The van der Waals surface area contributed by atoms with E-state index in [0.717, 1.165) is 6.54 Å². The third kappa shape index (κ3) is 6.92. The average Bonchev–Trinajstić information content (AvgIpc) is 2.37. The van der Waals surface area contributed by atoms with Crippen molar-refractivity contribution in [3.05, 3.63) is 28.5 Å². The van der Waals surface area contributed by atoms with Gasteiger partial charge in [-0.25, -0.2) is 4.39 Å². The van der Waals surface area contributed by atoms with Crippen molar-refractivity contribution in [3.8, 4) is 5.75 Å². The fourth-order valence-electron chi connectivity index (χ4n) is 1.86. The Morgan fingerprint density at radius 2 is 2.16 bits per heavy atom. The lowest BCUT2D eigenvalue weighted by Crippen LogP contribution is -2.30. The monoisotopic (exact) mass is 331 g/mol. The summed E-state index contributed by atoms with van der Waals surface area (Å²) in [6.45, 7) is 5.80. The minimum atomic E-state index is -0.262. The van der Waals surface area contributed by atoms with Gasteiger partial charge in [0.1, 0.15) is 18.2 Å². The molecule has 0 aliphatic rings. The molecule has 2 nitrogen and oxygen atoms in total. The van der Waals surface area contributed by atoms with E-state index in [0.29, 0.717) is 22.9 Å². The molecule has 1 aromatic rings. The number of halogens is 2. The van der Waals surface area contributed by atoms with Crippen LogP contribution in [0.1, 0.15) is 39.5 Å². The number of benzene rings is 1. The summed E-state index contributed by atoms with van der Waals surface area (Å²) >= 11 is 3.28. The first kappa shape index (κ1) is 16.4. The fraction of sp³-hybridized carbons (Fsp3) is 0.600. The van der Waals surface area contributed by atoms with Gasteiger partial charge in [-0.2, -0.15) is 0 Å². The van der Waals surface area contributed by atoms with Crippen LogP contribution in [-0.4, -0.2) is 19.2 Å². The second-order valence-corrected chi connectivity index (χ2v) is 5.63. The minimum Gasteiger partial charge on any atom is -0.491 e. The zero-order valence-electron chi connectivity index (χ0n) is 11.7. The van der Waals surface area contributed by atoms with Gasteiger partial charge in [0.25, 0.3) is 0 Å². The lowest BCUT2D eigenvalue weighted by Gasteiger charge is -2.14. The number of hydrogen-bond acceptors (Lipinski definition) is 2. The van der Waals surface area contributed by atoms with E-state index in [4.69, 9.17) is 4.74 Å². The van der Waals surface area contributed by atoms with Crippen LogP contribution in [0.2, 0.25) is 0 Å². The molecular weight excluding hydrogens is 309 g/mol. The van der Waals surface area contributed by atoms with Crippen molar-refractivity contribution < 1.29 is 9.13 Å². The maximum absolute atomic E-state index is 12.9. The second kappa shape index (κ2) is 9.32. The molecule has 0 fully saturated rings. The number of nitrogens with one attached hydrogen (secondary N) is 1. The van der Waals surface area contributed by atoms with Crippen molar-refractivity contribution in [2.75, 3.05) is 13.2 Å². The van der Waals surface area contributed by atoms with E-state index in [1.54, 1.807) is 6.07 Å². The van der Waals surface area contributed by atoms with E-state index < -0.39 is 0 Å². The van der Waals surface area contributed by atoms with E-state index in [-0.39, 0.29) is 5.82 Å². The molecular formula is C15H23BrFNO. The average molecular weight is 332 g/mol. The van der Waals surface area contributed by atoms with Crippen molar-refractivity contribution in [3.63, 3.8) is 0 Å². The van der Waals surface area contributed by atoms with Crippen molar-refractivity contribution in [1.29, 1.82) is 0 Å². The molecule has 0 radical (unpaired) electrons. The Labute approximate surface area is 123 Å². The van der Waals surface area contributed by atoms with Gasteiger partial charge in [-0.05, 0) is 47.5 Å². The fourth-order valence-corrected chi connectivity index (χ4v) is 2.33. The number of rotatable bonds is 9. The molecule has 0 aromatic heterocycles. The van der Waals surface area contributed by atoms with E-state index in [1.165, 1.54) is 37.8 Å². The van der Waals surface area contributed by atoms with Crippen LogP contribution < -0.4 is 10.1 Å². The van der Waals surface area contributed by atoms with E-state index >= 15 is 0 Å². The topological polar surface area (TPSA) is 21.3 Å². The Morgan fingerprint density at radius 3 is 2.84 bits per heavy atom. The maximum atomic E-state index is 12.9. The van der Waals surface area contributed by atoms with Crippen LogP contribution in [-0.2, 0) is 0 Å². The SMILES string of the molecule is CCCCCC(C)NCCOc1ccc(F)cc1Br. The summed E-state index contributed by atoms with van der Waals surface area (Å²) in [7, 11) is 0. The highest BCUT2D eigenvalue weighted by molar-refractivity contribution is 9.10. The molecule has 0 aliphatic heterocycles. The van der Waals surface area contributed by atoms with Crippen molar-refractivity contribution in [2.24, 2.45) is 0 Å². The summed E-state index contributed by atoms with van der Waals surface area (Å²) in [4.78, 5) is 0. The van der Waals surface area contributed by atoms with E-state index in [2.05, 4.69) is 35.1 Å². The Bertz CT molecular complexity index is 373. The molecule has 0 bridgehead atoms. The second-order valence-electron chi connectivity index (χ2n) is 4.77. The van der Waals surface area contributed by atoms with Gasteiger partial charge in [0, 0.05) is 12.6 Å². The van der Waals surface area contributed by atoms with Gasteiger partial charge in [0.05, 0.1) is 4.47 Å². The third-order valence-electron chi connectivity index (χ3n) is 2.99. The van der Waals surface area contributed by atoms with Gasteiger partial charge in [0.15, 0.2) is 0 Å². The Balaban J connectivity index is 2.16. The summed E-state index contributed by atoms with van der Waals surface area (Å²) in [5, 5.41) is 3.43. The van der Waals surface area contributed by atoms with Crippen LogP contribution in [0.3, 0.4) is 0 Å². The standard InChI is InChI=1S/C15H23BrFNO/c1-3-4-5-6-12(2)18-9-10-19-15-8-7-13(17)11-14(15)16/h7-8,11-12,18H,3-6,9-10H2,1-2H3. The summed E-state index contributed by atoms with van der Waals surface area (Å²) < 4.78 is 19.1. The van der Waals surface area contributed by atoms with E-state index in [1.807, 2.05) is 0 Å². The van der Waals surface area contributed by atoms with Gasteiger partial charge in [0.2, 0.25) is 0 Å². The number of unbranched alkanes of at least 4 members (excludes halogenated alkanes) is 2. The summed E-state index contributed by atoms with van der Waals surface area (Å²) in [6, 6.07) is 4.98. The van der Waals surface area contributed by atoms with Gasteiger partial charge in [-0.1, -0.05) is 26.2 Å². The molecule has 1 atom stereocenters. The molecule has 4 heteroatoms. The highest BCUT2D eigenvalue weighted by Crippen LogP contribution is 2.25. The molecule has 1 N–H and O–H groups in total. The molecule has 0 spiro atoms. The predicted octanol–water partition coefficient (Wildman–Crippen LogP) is 4.53. The molecule has 1 unspecified atom stereocenters. The van der Waals surface area contributed by atoms with Crippen LogP contribution in [0.15, 0.2) is 22.7 Å². The van der Waals surface area contributed by atoms with Gasteiger partial charge < -0.3 is 10.1 Å². The Morgan fingerprint density at radius 1 is 1.37 bits per heavy atom. The zero-order chi connectivity index (χ0) is 14.1. The molecule has 1 aromatic carbocycles. The maximum Gasteiger partial charge on any atom is 0.133 e. The molecule has 0 saturated heterocycles. The van der Waals surface area contributed by atoms with Crippen LogP contribution >= 0.6 is 15.9 Å². The molecule has 0 amide bonds. The molecule has 0 saturated carbocycles. The molecule has 1 rings (SSSR count). The summed E-state index contributed by atoms with van der Waals surface area (Å²) in [5.41, 5.74) is 0. The van der Waals surface area contributed by atoms with Gasteiger partial charge in [-0.3, -0.25) is 0 Å². The van der Waals surface area contributed by atoms with Gasteiger partial charge >= 0.3 is 0 Å². The molecule has 19 heavy (non-hydrogen) atoms. The first-order valence-electron chi connectivity index (χ1n) is 6.94. The van der Waals surface area contributed by atoms with Gasteiger partial charge in [-0.15, -0.1) is 0 Å². The highest BCUT2D eigenvalue weighted by atomic mass is 79.9. The molecule has 0 heterocycles.